The maximum Gasteiger partial charge on any atom is 0.407 e. The van der Waals surface area contributed by atoms with Gasteiger partial charge in [-0.3, -0.25) is 4.79 Å². The van der Waals surface area contributed by atoms with E-state index >= 15 is 0 Å². The van der Waals surface area contributed by atoms with Crippen LogP contribution in [0.15, 0.2) is 0 Å². The second kappa shape index (κ2) is 9.24. The van der Waals surface area contributed by atoms with Crippen molar-refractivity contribution in [2.75, 3.05) is 13.7 Å². The molecule has 0 aliphatic carbocycles. The maximum absolute atomic E-state index is 11.6. The van der Waals surface area contributed by atoms with Crippen LogP contribution in [0.25, 0.3) is 0 Å². The number of nitrogens with two attached hydrogens (primary N) is 1. The van der Waals surface area contributed by atoms with E-state index < -0.39 is 35.7 Å². The minimum atomic E-state index is -0.788. The molecule has 0 spiro atoms. The van der Waals surface area contributed by atoms with Gasteiger partial charge in [0.1, 0.15) is 11.6 Å². The summed E-state index contributed by atoms with van der Waals surface area (Å²) < 4.78 is 9.71. The van der Waals surface area contributed by atoms with Gasteiger partial charge in [0.05, 0.1) is 13.2 Å². The summed E-state index contributed by atoms with van der Waals surface area (Å²) in [6, 6.07) is -1.50. The molecule has 2 atom stereocenters. The molecule has 8 nitrogen and oxygen atoms in total. The molecule has 0 aromatic rings. The first kappa shape index (κ1) is 20.2. The molecule has 0 aromatic carbocycles. The lowest BCUT2D eigenvalue weighted by molar-refractivity contribution is -0.145. The van der Waals surface area contributed by atoms with E-state index in [1.807, 2.05) is 0 Å². The van der Waals surface area contributed by atoms with E-state index in [1.54, 1.807) is 20.8 Å². The highest BCUT2D eigenvalue weighted by Gasteiger charge is 2.22. The van der Waals surface area contributed by atoms with Gasteiger partial charge in [0.15, 0.2) is 0 Å². The van der Waals surface area contributed by atoms with Crippen molar-refractivity contribution >= 4 is 18.0 Å². The summed E-state index contributed by atoms with van der Waals surface area (Å²) in [5, 5.41) is 5.09. The van der Waals surface area contributed by atoms with Gasteiger partial charge in [0.2, 0.25) is 5.91 Å². The number of ether oxygens (including phenoxy) is 2. The van der Waals surface area contributed by atoms with E-state index in [1.165, 1.54) is 14.0 Å². The first-order valence-electron chi connectivity index (χ1n) is 7.17. The normalized spacial score (nSPS) is 13.7. The Balaban J connectivity index is 4.22. The Morgan fingerprint density at radius 2 is 1.82 bits per heavy atom. The zero-order valence-electron chi connectivity index (χ0n) is 13.9. The fourth-order valence-corrected chi connectivity index (χ4v) is 1.51. The fraction of sp³-hybridized carbons (Fsp3) is 0.786. The van der Waals surface area contributed by atoms with Crippen LogP contribution >= 0.6 is 0 Å². The minimum absolute atomic E-state index is 0.316. The van der Waals surface area contributed by atoms with Gasteiger partial charge in [-0.1, -0.05) is 0 Å². The van der Waals surface area contributed by atoms with Crippen LogP contribution in [0.1, 0.15) is 40.5 Å². The molecule has 8 heteroatoms. The van der Waals surface area contributed by atoms with E-state index in [0.29, 0.717) is 19.4 Å². The Morgan fingerprint density at radius 1 is 1.23 bits per heavy atom. The molecule has 0 aliphatic heterocycles. The molecule has 2 amide bonds. The Bertz CT molecular complexity index is 390. The average Bonchev–Trinajstić information content (AvgIpc) is 2.38. The molecule has 0 saturated heterocycles. The first-order valence-corrected chi connectivity index (χ1v) is 7.17. The smallest absolute Gasteiger partial charge is 0.407 e. The largest absolute Gasteiger partial charge is 0.467 e. The lowest BCUT2D eigenvalue weighted by Crippen LogP contribution is -2.48. The van der Waals surface area contributed by atoms with E-state index in [4.69, 9.17) is 10.5 Å². The molecule has 0 bridgehead atoms. The summed E-state index contributed by atoms with van der Waals surface area (Å²) in [5.74, 6) is -0.984. The van der Waals surface area contributed by atoms with Crippen LogP contribution in [-0.2, 0) is 19.1 Å². The molecule has 0 aromatic heterocycles. The monoisotopic (exact) mass is 317 g/mol. The number of carbonyl (C=O) groups excluding carboxylic acids is 3. The van der Waals surface area contributed by atoms with Crippen LogP contribution < -0.4 is 16.4 Å². The van der Waals surface area contributed by atoms with Crippen molar-refractivity contribution in [2.24, 2.45) is 5.73 Å². The highest BCUT2D eigenvalue weighted by atomic mass is 16.6. The number of hydrogen-bond acceptors (Lipinski definition) is 6. The van der Waals surface area contributed by atoms with Crippen LogP contribution in [0.2, 0.25) is 0 Å². The number of rotatable bonds is 7. The van der Waals surface area contributed by atoms with Crippen molar-refractivity contribution < 1.29 is 23.9 Å². The molecule has 0 radical (unpaired) electrons. The number of nitrogens with one attached hydrogen (secondary N) is 2. The second-order valence-electron chi connectivity index (χ2n) is 5.94. The number of esters is 1. The van der Waals surface area contributed by atoms with E-state index in [9.17, 15) is 14.4 Å². The molecule has 4 N–H and O–H groups in total. The summed E-state index contributed by atoms with van der Waals surface area (Å²) in [6.07, 6.45) is 0.265. The van der Waals surface area contributed by atoms with Gasteiger partial charge in [0, 0.05) is 6.54 Å². The van der Waals surface area contributed by atoms with Gasteiger partial charge in [-0.25, -0.2) is 9.59 Å². The Hall–Kier alpha value is -1.83. The summed E-state index contributed by atoms with van der Waals surface area (Å²) in [4.78, 5) is 34.6. The van der Waals surface area contributed by atoms with Crippen LogP contribution in [-0.4, -0.2) is 49.3 Å². The molecule has 128 valence electrons. The molecule has 0 saturated carbocycles. The number of alkyl carbamates (subject to hydrolysis) is 1. The van der Waals surface area contributed by atoms with Gasteiger partial charge in [-0.2, -0.15) is 0 Å². The third kappa shape index (κ3) is 9.17. The third-order valence-electron chi connectivity index (χ3n) is 2.55. The highest BCUT2D eigenvalue weighted by Crippen LogP contribution is 2.06. The quantitative estimate of drug-likeness (QED) is 0.459. The summed E-state index contributed by atoms with van der Waals surface area (Å²) in [5.41, 5.74) is 4.88. The molecular weight excluding hydrogens is 290 g/mol. The molecule has 22 heavy (non-hydrogen) atoms. The standard InChI is InChI=1S/C14H27N3O5/c1-9(15)11(18)17-10(12(19)21-5)7-6-8-16-13(20)22-14(2,3)4/h9-10H,6-8,15H2,1-5H3,(H,16,20)(H,17,18). The Morgan fingerprint density at radius 3 is 2.27 bits per heavy atom. The SMILES string of the molecule is COC(=O)C(CCCNC(=O)OC(C)(C)C)NC(=O)C(C)N. The number of hydrogen-bond donors (Lipinski definition) is 3. The van der Waals surface area contributed by atoms with Crippen molar-refractivity contribution in [1.82, 2.24) is 10.6 Å². The summed E-state index contributed by atoms with van der Waals surface area (Å²) >= 11 is 0. The van der Waals surface area contributed by atoms with E-state index in [2.05, 4.69) is 15.4 Å². The number of amides is 2. The molecular formula is C14H27N3O5. The van der Waals surface area contributed by atoms with Gasteiger partial charge < -0.3 is 25.8 Å². The van der Waals surface area contributed by atoms with Crippen molar-refractivity contribution in [3.63, 3.8) is 0 Å². The number of carbonyl (C=O) groups is 3. The number of methoxy groups -OCH3 is 1. The van der Waals surface area contributed by atoms with Gasteiger partial charge in [0.25, 0.3) is 0 Å². The topological polar surface area (TPSA) is 120 Å². The minimum Gasteiger partial charge on any atom is -0.467 e. The van der Waals surface area contributed by atoms with Crippen molar-refractivity contribution in [3.05, 3.63) is 0 Å². The van der Waals surface area contributed by atoms with E-state index in [-0.39, 0.29) is 0 Å². The van der Waals surface area contributed by atoms with Gasteiger partial charge in [-0.15, -0.1) is 0 Å². The lowest BCUT2D eigenvalue weighted by atomic mass is 10.1. The Labute approximate surface area is 131 Å². The first-order chi connectivity index (χ1) is 10.1. The molecule has 0 heterocycles. The predicted octanol–water partition coefficient (Wildman–Crippen LogP) is 0.296. The second-order valence-corrected chi connectivity index (χ2v) is 5.94. The predicted molar refractivity (Wildman–Crippen MR) is 81.1 cm³/mol. The van der Waals surface area contributed by atoms with E-state index in [0.717, 1.165) is 0 Å². The van der Waals surface area contributed by atoms with Crippen LogP contribution in [0.4, 0.5) is 4.79 Å². The van der Waals surface area contributed by atoms with Crippen molar-refractivity contribution in [2.45, 2.75) is 58.2 Å². The third-order valence-corrected chi connectivity index (χ3v) is 2.55. The zero-order valence-corrected chi connectivity index (χ0v) is 13.9. The van der Waals surface area contributed by atoms with Crippen LogP contribution in [0.3, 0.4) is 0 Å². The molecule has 2 unspecified atom stereocenters. The molecule has 0 aliphatic rings. The zero-order chi connectivity index (χ0) is 17.3. The Kier molecular flexibility index (Phi) is 8.47. The van der Waals surface area contributed by atoms with Gasteiger partial charge >= 0.3 is 12.1 Å². The van der Waals surface area contributed by atoms with Crippen LogP contribution in [0.5, 0.6) is 0 Å². The van der Waals surface area contributed by atoms with Crippen LogP contribution in [0, 0.1) is 0 Å². The molecule has 0 rings (SSSR count). The molecule has 0 fully saturated rings. The summed E-state index contributed by atoms with van der Waals surface area (Å²) in [7, 11) is 1.24. The lowest BCUT2D eigenvalue weighted by Gasteiger charge is -2.20. The highest BCUT2D eigenvalue weighted by molar-refractivity contribution is 5.87. The van der Waals surface area contributed by atoms with Crippen molar-refractivity contribution in [1.29, 1.82) is 0 Å². The average molecular weight is 317 g/mol. The maximum atomic E-state index is 11.6. The summed E-state index contributed by atoms with van der Waals surface area (Å²) in [6.45, 7) is 7.14. The fourth-order valence-electron chi connectivity index (χ4n) is 1.51. The van der Waals surface area contributed by atoms with Gasteiger partial charge in [-0.05, 0) is 40.5 Å². The van der Waals surface area contributed by atoms with Crippen molar-refractivity contribution in [3.8, 4) is 0 Å².